The van der Waals surface area contributed by atoms with Gasteiger partial charge in [-0.05, 0) is 20.0 Å². The Balaban J connectivity index is 3.20. The van der Waals surface area contributed by atoms with Gasteiger partial charge >= 0.3 is 0 Å². The van der Waals surface area contributed by atoms with Crippen molar-refractivity contribution in [1.82, 2.24) is 5.32 Å². The number of hydrogen-bond donors (Lipinski definition) is 3. The molecule has 0 aliphatic rings. The van der Waals surface area contributed by atoms with Gasteiger partial charge in [-0.2, -0.15) is 0 Å². The number of hydrogen-bond acceptors (Lipinski definition) is 6. The van der Waals surface area contributed by atoms with E-state index in [1.165, 1.54) is 19.1 Å². The average molecular weight is 268 g/mol. The zero-order valence-electron chi connectivity index (χ0n) is 10.7. The van der Waals surface area contributed by atoms with E-state index in [4.69, 9.17) is 0 Å². The van der Waals surface area contributed by atoms with E-state index < -0.39 is 17.1 Å². The number of nitro benzene ring substituents is 1. The molecule has 2 atom stereocenters. The second kappa shape index (κ2) is 6.37. The zero-order chi connectivity index (χ0) is 14.6. The Morgan fingerprint density at radius 1 is 1.47 bits per heavy atom. The largest absolute Gasteiger partial charge is 0.389 e. The summed E-state index contributed by atoms with van der Waals surface area (Å²) < 4.78 is 0. The van der Waals surface area contributed by atoms with Crippen molar-refractivity contribution in [2.24, 2.45) is 0 Å². The van der Waals surface area contributed by atoms with Crippen LogP contribution >= 0.6 is 0 Å². The summed E-state index contributed by atoms with van der Waals surface area (Å²) >= 11 is 0. The van der Waals surface area contributed by atoms with Crippen LogP contribution in [0.1, 0.15) is 28.9 Å². The third kappa shape index (κ3) is 3.57. The van der Waals surface area contributed by atoms with Crippen LogP contribution in [0.3, 0.4) is 0 Å². The number of likely N-dealkylation sites (N-methyl/N-ethyl adjacent to an activating group) is 1. The molecular weight excluding hydrogens is 252 g/mol. The van der Waals surface area contributed by atoms with E-state index in [2.05, 4.69) is 5.32 Å². The Kier molecular flexibility index (Phi) is 5.11. The van der Waals surface area contributed by atoms with Crippen LogP contribution in [-0.4, -0.2) is 40.6 Å². The molecule has 0 saturated heterocycles. The number of Topliss-reactive ketones (excluding diaryl/α,β-unsaturated/α-hetero) is 1. The molecule has 1 aromatic rings. The van der Waals surface area contributed by atoms with Gasteiger partial charge in [-0.3, -0.25) is 14.9 Å². The minimum atomic E-state index is -1.39. The van der Waals surface area contributed by atoms with Gasteiger partial charge in [0.15, 0.2) is 5.78 Å². The Bertz CT molecular complexity index is 489. The highest BCUT2D eigenvalue weighted by atomic mass is 16.6. The van der Waals surface area contributed by atoms with Gasteiger partial charge in [0.2, 0.25) is 0 Å². The lowest BCUT2D eigenvalue weighted by molar-refractivity contribution is -0.386. The van der Waals surface area contributed by atoms with E-state index in [1.54, 1.807) is 7.05 Å². The second-order valence-electron chi connectivity index (χ2n) is 4.16. The number of ketones is 1. The molecule has 0 amide bonds. The van der Waals surface area contributed by atoms with Crippen molar-refractivity contribution in [3.05, 3.63) is 39.4 Å². The molecule has 0 radical (unpaired) electrons. The van der Waals surface area contributed by atoms with Gasteiger partial charge in [0.25, 0.3) is 5.69 Å². The first-order valence-corrected chi connectivity index (χ1v) is 5.68. The first kappa shape index (κ1) is 15.2. The normalized spacial score (nSPS) is 13.9. The zero-order valence-corrected chi connectivity index (χ0v) is 10.7. The number of nitrogens with one attached hydrogen (secondary N) is 1. The fraction of sp³-hybridized carbons (Fsp3) is 0.417. The minimum Gasteiger partial charge on any atom is -0.389 e. The van der Waals surface area contributed by atoms with Crippen molar-refractivity contribution in [2.75, 3.05) is 13.6 Å². The maximum Gasteiger partial charge on any atom is 0.276 e. The molecule has 0 bridgehead atoms. The summed E-state index contributed by atoms with van der Waals surface area (Å²) in [6.07, 6.45) is -2.57. The molecule has 7 nitrogen and oxygen atoms in total. The highest BCUT2D eigenvalue weighted by Crippen LogP contribution is 2.28. The van der Waals surface area contributed by atoms with E-state index in [1.807, 2.05) is 0 Å². The van der Waals surface area contributed by atoms with Crippen molar-refractivity contribution < 1.29 is 19.9 Å². The predicted octanol–water partition coefficient (Wildman–Crippen LogP) is 0.411. The maximum absolute atomic E-state index is 11.2. The van der Waals surface area contributed by atoms with Crippen LogP contribution in [0, 0.1) is 10.1 Å². The molecule has 0 aliphatic carbocycles. The van der Waals surface area contributed by atoms with Gasteiger partial charge in [0.1, 0.15) is 6.10 Å². The van der Waals surface area contributed by atoms with E-state index in [0.717, 1.165) is 6.07 Å². The third-order valence-corrected chi connectivity index (χ3v) is 2.73. The summed E-state index contributed by atoms with van der Waals surface area (Å²) in [6, 6.07) is 3.78. The Hall–Kier alpha value is -1.83. The molecule has 0 fully saturated rings. The SMILES string of the molecule is CNCC(O)C(O)c1ccc(C(C)=O)cc1[N+](=O)[O-]. The van der Waals surface area contributed by atoms with Crippen LogP contribution in [0.5, 0.6) is 0 Å². The lowest BCUT2D eigenvalue weighted by Gasteiger charge is -2.18. The van der Waals surface area contributed by atoms with Gasteiger partial charge in [-0.25, -0.2) is 0 Å². The van der Waals surface area contributed by atoms with Crippen LogP contribution in [-0.2, 0) is 0 Å². The molecule has 0 aromatic heterocycles. The molecule has 0 saturated carbocycles. The minimum absolute atomic E-state index is 0.0160. The first-order valence-electron chi connectivity index (χ1n) is 5.68. The van der Waals surface area contributed by atoms with Crippen LogP contribution in [0.2, 0.25) is 0 Å². The van der Waals surface area contributed by atoms with E-state index in [9.17, 15) is 25.1 Å². The molecular formula is C12H16N2O5. The number of nitrogens with zero attached hydrogens (tertiary/aromatic N) is 1. The van der Waals surface area contributed by atoms with E-state index in [0.29, 0.717) is 0 Å². The van der Waals surface area contributed by atoms with Crippen molar-refractivity contribution in [1.29, 1.82) is 0 Å². The summed E-state index contributed by atoms with van der Waals surface area (Å²) in [6.45, 7) is 1.39. The number of nitro groups is 1. The van der Waals surface area contributed by atoms with Gasteiger partial charge in [0, 0.05) is 18.2 Å². The molecule has 19 heavy (non-hydrogen) atoms. The quantitative estimate of drug-likeness (QED) is 0.391. The van der Waals surface area contributed by atoms with Crippen LogP contribution < -0.4 is 5.32 Å². The molecule has 7 heteroatoms. The molecule has 0 spiro atoms. The molecule has 0 aliphatic heterocycles. The summed E-state index contributed by atoms with van der Waals surface area (Å²) in [5.74, 6) is -0.306. The maximum atomic E-state index is 11.2. The van der Waals surface area contributed by atoms with Crippen molar-refractivity contribution >= 4 is 11.5 Å². The number of rotatable bonds is 6. The number of carbonyl (C=O) groups is 1. The van der Waals surface area contributed by atoms with Crippen molar-refractivity contribution in [3.63, 3.8) is 0 Å². The Labute approximate surface area is 110 Å². The molecule has 1 aromatic carbocycles. The molecule has 3 N–H and O–H groups in total. The van der Waals surface area contributed by atoms with Gasteiger partial charge in [-0.1, -0.05) is 6.07 Å². The van der Waals surface area contributed by atoms with Gasteiger partial charge in [0.05, 0.1) is 16.6 Å². The fourth-order valence-corrected chi connectivity index (χ4v) is 1.70. The number of aliphatic hydroxyl groups is 2. The molecule has 1 rings (SSSR count). The molecule has 0 heterocycles. The summed E-state index contributed by atoms with van der Waals surface area (Å²) in [5.41, 5.74) is -0.209. The van der Waals surface area contributed by atoms with Crippen molar-refractivity contribution in [3.8, 4) is 0 Å². The summed E-state index contributed by atoms with van der Waals surface area (Å²) in [7, 11) is 1.59. The number of aliphatic hydroxyl groups excluding tert-OH is 2. The van der Waals surface area contributed by atoms with E-state index >= 15 is 0 Å². The average Bonchev–Trinajstić information content (AvgIpc) is 2.37. The highest BCUT2D eigenvalue weighted by molar-refractivity contribution is 5.94. The summed E-state index contributed by atoms with van der Waals surface area (Å²) in [5, 5.41) is 33.2. The highest BCUT2D eigenvalue weighted by Gasteiger charge is 2.26. The lowest BCUT2D eigenvalue weighted by atomic mass is 9.99. The van der Waals surface area contributed by atoms with E-state index in [-0.39, 0.29) is 29.1 Å². The van der Waals surface area contributed by atoms with Gasteiger partial charge < -0.3 is 15.5 Å². The van der Waals surface area contributed by atoms with Crippen LogP contribution in [0.25, 0.3) is 0 Å². The monoisotopic (exact) mass is 268 g/mol. The second-order valence-corrected chi connectivity index (χ2v) is 4.16. The topological polar surface area (TPSA) is 113 Å². The first-order chi connectivity index (χ1) is 8.88. The third-order valence-electron chi connectivity index (χ3n) is 2.73. The molecule has 2 unspecified atom stereocenters. The standard InChI is InChI=1S/C12H16N2O5/c1-7(15)8-3-4-9(10(5-8)14(18)19)12(17)11(16)6-13-2/h3-5,11-13,16-17H,6H2,1-2H3. The smallest absolute Gasteiger partial charge is 0.276 e. The Morgan fingerprint density at radius 3 is 2.58 bits per heavy atom. The number of benzene rings is 1. The predicted molar refractivity (Wildman–Crippen MR) is 68.0 cm³/mol. The number of carbonyl (C=O) groups excluding carboxylic acids is 1. The lowest BCUT2D eigenvalue weighted by Crippen LogP contribution is -2.30. The fourth-order valence-electron chi connectivity index (χ4n) is 1.70. The van der Waals surface area contributed by atoms with Crippen LogP contribution in [0.4, 0.5) is 5.69 Å². The molecule has 104 valence electrons. The van der Waals surface area contributed by atoms with Crippen molar-refractivity contribution in [2.45, 2.75) is 19.1 Å². The Morgan fingerprint density at radius 2 is 2.11 bits per heavy atom. The van der Waals surface area contributed by atoms with Gasteiger partial charge in [-0.15, -0.1) is 0 Å². The summed E-state index contributed by atoms with van der Waals surface area (Å²) in [4.78, 5) is 21.5. The van der Waals surface area contributed by atoms with Crippen LogP contribution in [0.15, 0.2) is 18.2 Å².